The van der Waals surface area contributed by atoms with E-state index in [9.17, 15) is 4.79 Å². The molecule has 0 saturated heterocycles. The second-order valence-corrected chi connectivity index (χ2v) is 4.51. The number of carbonyl (C=O) groups is 1. The van der Waals surface area contributed by atoms with Gasteiger partial charge in [0.1, 0.15) is 5.69 Å². The molecule has 1 rings (SSSR count). The van der Waals surface area contributed by atoms with E-state index in [-0.39, 0.29) is 5.91 Å². The molecule has 8 heteroatoms. The maximum absolute atomic E-state index is 11.9. The van der Waals surface area contributed by atoms with Crippen molar-refractivity contribution < 1.29 is 4.79 Å². The second kappa shape index (κ2) is 5.97. The van der Waals surface area contributed by atoms with Crippen molar-refractivity contribution in [2.24, 2.45) is 7.05 Å². The lowest BCUT2D eigenvalue weighted by Gasteiger charge is -2.10. The van der Waals surface area contributed by atoms with Gasteiger partial charge in [-0.25, -0.2) is 0 Å². The van der Waals surface area contributed by atoms with Gasteiger partial charge in [-0.1, -0.05) is 0 Å². The molecule has 94 valence electrons. The number of nitrogens with one attached hydrogen (secondary N) is 3. The summed E-state index contributed by atoms with van der Waals surface area (Å²) >= 11 is 8.24. The van der Waals surface area contributed by atoms with Crippen LogP contribution in [-0.4, -0.2) is 27.3 Å². The summed E-state index contributed by atoms with van der Waals surface area (Å²) in [6, 6.07) is 0. The van der Waals surface area contributed by atoms with Crippen LogP contribution < -0.4 is 16.2 Å². The lowest BCUT2D eigenvalue weighted by atomic mass is 10.3. The molecule has 6 nitrogen and oxygen atoms in total. The van der Waals surface area contributed by atoms with Gasteiger partial charge >= 0.3 is 0 Å². The number of hydrazine groups is 1. The predicted octanol–water partition coefficient (Wildman–Crippen LogP) is 0.620. The molecule has 0 spiro atoms. The van der Waals surface area contributed by atoms with Crippen molar-refractivity contribution in [2.45, 2.75) is 13.8 Å². The standard InChI is InChI=1S/C9H14BrN5OS/c1-4-11-9(17)13-12-8(16)7-6(10)5(2)14-15(7)3/h4H2,1-3H3,(H,12,16)(H2,11,13,17). The summed E-state index contributed by atoms with van der Waals surface area (Å²) in [4.78, 5) is 11.9. The molecule has 0 fully saturated rings. The van der Waals surface area contributed by atoms with Gasteiger partial charge in [-0.15, -0.1) is 0 Å². The molecule has 17 heavy (non-hydrogen) atoms. The third-order valence-corrected chi connectivity index (χ3v) is 3.19. The van der Waals surface area contributed by atoms with Crippen LogP contribution in [-0.2, 0) is 7.05 Å². The Morgan fingerprint density at radius 2 is 2.18 bits per heavy atom. The van der Waals surface area contributed by atoms with Crippen molar-refractivity contribution in [2.75, 3.05) is 6.54 Å². The first-order valence-electron chi connectivity index (χ1n) is 5.00. The van der Waals surface area contributed by atoms with E-state index in [1.165, 1.54) is 4.68 Å². The summed E-state index contributed by atoms with van der Waals surface area (Å²) < 4.78 is 2.18. The van der Waals surface area contributed by atoms with Crippen molar-refractivity contribution in [1.29, 1.82) is 0 Å². The highest BCUT2D eigenvalue weighted by Crippen LogP contribution is 2.19. The molecule has 0 aromatic carbocycles. The minimum Gasteiger partial charge on any atom is -0.362 e. The Morgan fingerprint density at radius 1 is 1.53 bits per heavy atom. The van der Waals surface area contributed by atoms with Gasteiger partial charge in [0.2, 0.25) is 0 Å². The number of amides is 1. The Balaban J connectivity index is 2.67. The third kappa shape index (κ3) is 3.40. The summed E-state index contributed by atoms with van der Waals surface area (Å²) in [5.74, 6) is -0.305. The second-order valence-electron chi connectivity index (χ2n) is 3.31. The number of aromatic nitrogens is 2. The normalized spacial score (nSPS) is 9.88. The molecule has 1 aromatic rings. The molecule has 3 N–H and O–H groups in total. The molecule has 0 aliphatic carbocycles. The lowest BCUT2D eigenvalue weighted by Crippen LogP contribution is -2.47. The van der Waals surface area contributed by atoms with Crippen molar-refractivity contribution in [1.82, 2.24) is 25.9 Å². The van der Waals surface area contributed by atoms with Crippen LogP contribution in [0.2, 0.25) is 0 Å². The molecule has 0 aliphatic heterocycles. The molecule has 1 aromatic heterocycles. The largest absolute Gasteiger partial charge is 0.362 e. The van der Waals surface area contributed by atoms with Crippen LogP contribution in [0, 0.1) is 6.92 Å². The zero-order valence-electron chi connectivity index (χ0n) is 9.80. The summed E-state index contributed by atoms with van der Waals surface area (Å²) in [5.41, 5.74) is 6.29. The fraction of sp³-hybridized carbons (Fsp3) is 0.444. The van der Waals surface area contributed by atoms with Gasteiger partial charge in [0, 0.05) is 13.6 Å². The zero-order chi connectivity index (χ0) is 13.0. The number of hydrogen-bond donors (Lipinski definition) is 3. The average molecular weight is 320 g/mol. The van der Waals surface area contributed by atoms with Crippen LogP contribution in [0.15, 0.2) is 4.47 Å². The van der Waals surface area contributed by atoms with E-state index in [1.807, 2.05) is 13.8 Å². The van der Waals surface area contributed by atoms with Gasteiger partial charge in [0.05, 0.1) is 10.2 Å². The van der Waals surface area contributed by atoms with Crippen LogP contribution in [0.1, 0.15) is 23.1 Å². The Bertz CT molecular complexity index is 445. The first-order valence-corrected chi connectivity index (χ1v) is 6.20. The monoisotopic (exact) mass is 319 g/mol. The van der Waals surface area contributed by atoms with Gasteiger partial charge in [-0.3, -0.25) is 20.3 Å². The number of carbonyl (C=O) groups excluding carboxylic acids is 1. The Kier molecular flexibility index (Phi) is 4.88. The van der Waals surface area contributed by atoms with Gasteiger partial charge in [-0.05, 0) is 42.0 Å². The van der Waals surface area contributed by atoms with Gasteiger partial charge < -0.3 is 5.32 Å². The van der Waals surface area contributed by atoms with E-state index < -0.39 is 0 Å². The van der Waals surface area contributed by atoms with E-state index >= 15 is 0 Å². The number of nitrogens with zero attached hydrogens (tertiary/aromatic N) is 2. The van der Waals surface area contributed by atoms with Crippen molar-refractivity contribution >= 4 is 39.2 Å². The fourth-order valence-corrected chi connectivity index (χ4v) is 1.97. The van der Waals surface area contributed by atoms with E-state index in [0.29, 0.717) is 21.8 Å². The Hall–Kier alpha value is -1.15. The summed E-state index contributed by atoms with van der Waals surface area (Å²) in [6.07, 6.45) is 0. The van der Waals surface area contributed by atoms with E-state index in [1.54, 1.807) is 7.05 Å². The summed E-state index contributed by atoms with van der Waals surface area (Å²) in [5, 5.41) is 7.36. The maximum Gasteiger partial charge on any atom is 0.289 e. The van der Waals surface area contributed by atoms with Crippen LogP contribution in [0.5, 0.6) is 0 Å². The number of aryl methyl sites for hydroxylation is 2. The highest BCUT2D eigenvalue weighted by molar-refractivity contribution is 9.10. The summed E-state index contributed by atoms with van der Waals surface area (Å²) in [7, 11) is 1.70. The molecule has 0 aliphatic rings. The molecule has 0 saturated carbocycles. The van der Waals surface area contributed by atoms with Gasteiger partial charge in [-0.2, -0.15) is 5.10 Å². The fourth-order valence-electron chi connectivity index (χ4n) is 1.26. The molecule has 0 unspecified atom stereocenters. The topological polar surface area (TPSA) is 71.0 Å². The molecular formula is C9H14BrN5OS. The molecule has 0 atom stereocenters. The molecular weight excluding hydrogens is 306 g/mol. The van der Waals surface area contributed by atoms with Crippen LogP contribution >= 0.6 is 28.1 Å². The number of halogens is 1. The average Bonchev–Trinajstić information content (AvgIpc) is 2.50. The number of rotatable bonds is 2. The van der Waals surface area contributed by atoms with Crippen LogP contribution in [0.4, 0.5) is 0 Å². The summed E-state index contributed by atoms with van der Waals surface area (Å²) in [6.45, 7) is 4.42. The molecule has 0 bridgehead atoms. The first kappa shape index (κ1) is 13.9. The highest BCUT2D eigenvalue weighted by atomic mass is 79.9. The number of hydrogen-bond acceptors (Lipinski definition) is 3. The SMILES string of the molecule is CCNC(=S)NNC(=O)c1c(Br)c(C)nn1C. The third-order valence-electron chi connectivity index (χ3n) is 1.99. The van der Waals surface area contributed by atoms with E-state index in [0.717, 1.165) is 5.69 Å². The van der Waals surface area contributed by atoms with Crippen LogP contribution in [0.3, 0.4) is 0 Å². The Morgan fingerprint density at radius 3 is 2.65 bits per heavy atom. The van der Waals surface area contributed by atoms with Crippen LogP contribution in [0.25, 0.3) is 0 Å². The van der Waals surface area contributed by atoms with Gasteiger partial charge in [0.25, 0.3) is 5.91 Å². The smallest absolute Gasteiger partial charge is 0.289 e. The quantitative estimate of drug-likeness (QED) is 0.550. The zero-order valence-corrected chi connectivity index (χ0v) is 12.2. The highest BCUT2D eigenvalue weighted by Gasteiger charge is 2.17. The predicted molar refractivity (Wildman–Crippen MR) is 72.5 cm³/mol. The Labute approximate surface area is 113 Å². The van der Waals surface area contributed by atoms with Crippen molar-refractivity contribution in [3.05, 3.63) is 15.9 Å². The molecule has 1 heterocycles. The van der Waals surface area contributed by atoms with Crippen molar-refractivity contribution in [3.8, 4) is 0 Å². The minimum atomic E-state index is -0.305. The van der Waals surface area contributed by atoms with E-state index in [2.05, 4.69) is 37.2 Å². The molecule has 1 amide bonds. The minimum absolute atomic E-state index is 0.305. The maximum atomic E-state index is 11.9. The number of thiocarbonyl (C=S) groups is 1. The van der Waals surface area contributed by atoms with Gasteiger partial charge in [0.15, 0.2) is 5.11 Å². The lowest BCUT2D eigenvalue weighted by molar-refractivity contribution is 0.0933. The van der Waals surface area contributed by atoms with Crippen molar-refractivity contribution in [3.63, 3.8) is 0 Å². The van der Waals surface area contributed by atoms with E-state index in [4.69, 9.17) is 12.2 Å². The molecule has 0 radical (unpaired) electrons. The first-order chi connectivity index (χ1) is 7.97.